The Balaban J connectivity index is 1.81. The van der Waals surface area contributed by atoms with Crippen molar-refractivity contribution in [2.75, 3.05) is 0 Å². The zero-order valence-corrected chi connectivity index (χ0v) is 12.7. The van der Waals surface area contributed by atoms with Crippen molar-refractivity contribution < 1.29 is 0 Å². The maximum atomic E-state index is 4.50. The van der Waals surface area contributed by atoms with E-state index in [1.165, 1.54) is 27.6 Å². The van der Waals surface area contributed by atoms with E-state index < -0.39 is 0 Å². The Morgan fingerprint density at radius 2 is 1.65 bits per heavy atom. The van der Waals surface area contributed by atoms with Crippen molar-refractivity contribution in [2.45, 2.75) is 6.42 Å². The summed E-state index contributed by atoms with van der Waals surface area (Å²) in [5.74, 6) is 0. The fraction of sp³-hybridized carbons (Fsp3) is 0.0476. The minimum absolute atomic E-state index is 0.882. The van der Waals surface area contributed by atoms with Crippen LogP contribution in [0, 0.1) is 0 Å². The van der Waals surface area contributed by atoms with E-state index in [4.69, 9.17) is 0 Å². The highest BCUT2D eigenvalue weighted by molar-refractivity contribution is 5.94. The molecule has 2 aromatic carbocycles. The van der Waals surface area contributed by atoms with Crippen LogP contribution in [0.1, 0.15) is 11.1 Å². The first-order chi connectivity index (χ1) is 11.4. The van der Waals surface area contributed by atoms with Crippen molar-refractivity contribution in [1.29, 1.82) is 0 Å². The summed E-state index contributed by atoms with van der Waals surface area (Å²) < 4.78 is 0. The van der Waals surface area contributed by atoms with Crippen LogP contribution in [0.15, 0.2) is 85.3 Å². The van der Waals surface area contributed by atoms with E-state index in [2.05, 4.69) is 64.6 Å². The van der Waals surface area contributed by atoms with E-state index in [9.17, 15) is 0 Å². The third kappa shape index (κ3) is 2.84. The number of pyridine rings is 2. The van der Waals surface area contributed by atoms with Gasteiger partial charge in [-0.25, -0.2) is 0 Å². The largest absolute Gasteiger partial charge is 0.264 e. The second-order valence-electron chi connectivity index (χ2n) is 5.61. The summed E-state index contributed by atoms with van der Waals surface area (Å²) in [6.07, 6.45) is 6.49. The van der Waals surface area contributed by atoms with E-state index in [-0.39, 0.29) is 0 Å². The molecule has 0 bridgehead atoms. The van der Waals surface area contributed by atoms with Gasteiger partial charge in [0.05, 0.1) is 5.52 Å². The van der Waals surface area contributed by atoms with Crippen molar-refractivity contribution >= 4 is 10.9 Å². The summed E-state index contributed by atoms with van der Waals surface area (Å²) in [7, 11) is 0. The van der Waals surface area contributed by atoms with Crippen LogP contribution in [-0.4, -0.2) is 9.97 Å². The van der Waals surface area contributed by atoms with Crippen LogP contribution >= 0.6 is 0 Å². The van der Waals surface area contributed by atoms with Crippen LogP contribution in [0.25, 0.3) is 22.0 Å². The molecule has 0 unspecified atom stereocenters. The average Bonchev–Trinajstić information content (AvgIpc) is 2.63. The monoisotopic (exact) mass is 296 g/mol. The Morgan fingerprint density at radius 1 is 0.739 bits per heavy atom. The second kappa shape index (κ2) is 6.01. The van der Waals surface area contributed by atoms with Gasteiger partial charge in [-0.1, -0.05) is 42.5 Å². The van der Waals surface area contributed by atoms with Gasteiger partial charge in [-0.2, -0.15) is 0 Å². The van der Waals surface area contributed by atoms with Gasteiger partial charge in [-0.3, -0.25) is 9.97 Å². The number of hydrogen-bond donors (Lipinski definition) is 0. The maximum absolute atomic E-state index is 4.50. The highest BCUT2D eigenvalue weighted by Crippen LogP contribution is 2.28. The molecule has 0 aliphatic carbocycles. The lowest BCUT2D eigenvalue weighted by Gasteiger charge is -2.09. The Morgan fingerprint density at radius 3 is 2.48 bits per heavy atom. The van der Waals surface area contributed by atoms with Gasteiger partial charge < -0.3 is 0 Å². The first-order valence-electron chi connectivity index (χ1n) is 7.72. The van der Waals surface area contributed by atoms with Gasteiger partial charge >= 0.3 is 0 Å². The lowest BCUT2D eigenvalue weighted by Crippen LogP contribution is -1.91. The Labute approximate surface area is 135 Å². The summed E-state index contributed by atoms with van der Waals surface area (Å²) in [6, 6.07) is 23.1. The standard InChI is InChI=1S/C21H16N2/c1-2-6-18(7-3-1)19-10-12-23-21-9-8-16(14-20(19)21)13-17-5-4-11-22-15-17/h1-12,14-15H,13H2. The molecule has 0 N–H and O–H groups in total. The average molecular weight is 296 g/mol. The third-order valence-corrected chi connectivity index (χ3v) is 4.02. The van der Waals surface area contributed by atoms with Crippen molar-refractivity contribution in [3.8, 4) is 11.1 Å². The minimum Gasteiger partial charge on any atom is -0.264 e. The smallest absolute Gasteiger partial charge is 0.0708 e. The van der Waals surface area contributed by atoms with Crippen LogP contribution in [0.4, 0.5) is 0 Å². The summed E-state index contributed by atoms with van der Waals surface area (Å²) in [5, 5.41) is 1.19. The van der Waals surface area contributed by atoms with E-state index in [1.54, 1.807) is 6.20 Å². The molecule has 23 heavy (non-hydrogen) atoms. The fourth-order valence-corrected chi connectivity index (χ4v) is 2.91. The first kappa shape index (κ1) is 13.6. The number of hydrogen-bond acceptors (Lipinski definition) is 2. The number of fused-ring (bicyclic) bond motifs is 1. The molecule has 0 saturated heterocycles. The SMILES string of the molecule is c1ccc(-c2ccnc3ccc(Cc4cccnc4)cc23)cc1. The summed E-state index contributed by atoms with van der Waals surface area (Å²) in [6.45, 7) is 0. The van der Waals surface area contributed by atoms with E-state index in [1.807, 2.05) is 24.5 Å². The van der Waals surface area contributed by atoms with Crippen LogP contribution in [0.5, 0.6) is 0 Å². The molecule has 0 aliphatic rings. The molecule has 0 fully saturated rings. The molecule has 4 aromatic rings. The van der Waals surface area contributed by atoms with Crippen molar-refractivity contribution in [3.05, 3.63) is 96.4 Å². The quantitative estimate of drug-likeness (QED) is 0.538. The summed E-state index contributed by atoms with van der Waals surface area (Å²) >= 11 is 0. The van der Waals surface area contributed by atoms with Gasteiger partial charge in [0.2, 0.25) is 0 Å². The Hall–Kier alpha value is -3.00. The van der Waals surface area contributed by atoms with Crippen LogP contribution < -0.4 is 0 Å². The molecule has 0 radical (unpaired) electrons. The van der Waals surface area contributed by atoms with Gasteiger partial charge in [0.25, 0.3) is 0 Å². The van der Waals surface area contributed by atoms with E-state index >= 15 is 0 Å². The number of aromatic nitrogens is 2. The van der Waals surface area contributed by atoms with Crippen LogP contribution in [0.2, 0.25) is 0 Å². The molecule has 0 saturated carbocycles. The van der Waals surface area contributed by atoms with Gasteiger partial charge in [0, 0.05) is 24.0 Å². The van der Waals surface area contributed by atoms with Gasteiger partial charge in [0.15, 0.2) is 0 Å². The van der Waals surface area contributed by atoms with Crippen molar-refractivity contribution in [3.63, 3.8) is 0 Å². The predicted octanol–water partition coefficient (Wildman–Crippen LogP) is 4.89. The first-order valence-corrected chi connectivity index (χ1v) is 7.72. The molecule has 2 nitrogen and oxygen atoms in total. The van der Waals surface area contributed by atoms with Gasteiger partial charge in [-0.05, 0) is 52.9 Å². The summed E-state index contributed by atoms with van der Waals surface area (Å²) in [5.41, 5.74) is 5.97. The molecule has 2 aromatic heterocycles. The van der Waals surface area contributed by atoms with E-state index in [0.717, 1.165) is 11.9 Å². The Kier molecular flexibility index (Phi) is 3.57. The molecular weight excluding hydrogens is 280 g/mol. The van der Waals surface area contributed by atoms with Gasteiger partial charge in [-0.15, -0.1) is 0 Å². The molecule has 0 amide bonds. The number of nitrogens with zero attached hydrogens (tertiary/aromatic N) is 2. The summed E-state index contributed by atoms with van der Waals surface area (Å²) in [4.78, 5) is 8.70. The Bertz CT molecular complexity index is 931. The molecule has 2 heteroatoms. The third-order valence-electron chi connectivity index (χ3n) is 4.02. The lowest BCUT2D eigenvalue weighted by atomic mass is 9.98. The molecule has 2 heterocycles. The molecule has 0 aliphatic heterocycles. The molecule has 110 valence electrons. The van der Waals surface area contributed by atoms with Crippen LogP contribution in [-0.2, 0) is 6.42 Å². The molecular formula is C21H16N2. The fourth-order valence-electron chi connectivity index (χ4n) is 2.91. The van der Waals surface area contributed by atoms with E-state index in [0.29, 0.717) is 0 Å². The topological polar surface area (TPSA) is 25.8 Å². The van der Waals surface area contributed by atoms with Crippen LogP contribution in [0.3, 0.4) is 0 Å². The number of benzene rings is 2. The van der Waals surface area contributed by atoms with Crippen molar-refractivity contribution in [1.82, 2.24) is 9.97 Å². The zero-order chi connectivity index (χ0) is 15.5. The normalized spacial score (nSPS) is 10.8. The zero-order valence-electron chi connectivity index (χ0n) is 12.7. The maximum Gasteiger partial charge on any atom is 0.0708 e. The number of rotatable bonds is 3. The highest BCUT2D eigenvalue weighted by Gasteiger charge is 2.06. The molecule has 0 spiro atoms. The minimum atomic E-state index is 0.882. The predicted molar refractivity (Wildman–Crippen MR) is 94.2 cm³/mol. The molecule has 0 atom stereocenters. The molecule has 4 rings (SSSR count). The second-order valence-corrected chi connectivity index (χ2v) is 5.61. The van der Waals surface area contributed by atoms with Gasteiger partial charge in [0.1, 0.15) is 0 Å². The lowest BCUT2D eigenvalue weighted by molar-refractivity contribution is 1.15. The highest BCUT2D eigenvalue weighted by atomic mass is 14.6. The van der Waals surface area contributed by atoms with Crippen molar-refractivity contribution in [2.24, 2.45) is 0 Å².